The number of carbonyl (C=O) groups excluding carboxylic acids is 1. The Morgan fingerprint density at radius 1 is 0.931 bits per heavy atom. The molecule has 29 heavy (non-hydrogen) atoms. The van der Waals surface area contributed by atoms with Crippen molar-refractivity contribution in [3.8, 4) is 0 Å². The molecule has 3 aromatic rings. The lowest BCUT2D eigenvalue weighted by molar-refractivity contribution is -0.120. The van der Waals surface area contributed by atoms with Crippen molar-refractivity contribution < 1.29 is 9.18 Å². The number of amides is 1. The second-order valence-electron chi connectivity index (χ2n) is 7.48. The van der Waals surface area contributed by atoms with E-state index in [0.717, 1.165) is 27.9 Å². The summed E-state index contributed by atoms with van der Waals surface area (Å²) in [6.45, 7) is 6.22. The molecule has 0 aliphatic heterocycles. The van der Waals surface area contributed by atoms with Gasteiger partial charge in [0.15, 0.2) is 0 Å². The van der Waals surface area contributed by atoms with Crippen LogP contribution in [-0.4, -0.2) is 12.5 Å². The summed E-state index contributed by atoms with van der Waals surface area (Å²) in [5.74, 6) is -0.403. The van der Waals surface area contributed by atoms with Crippen LogP contribution in [0.4, 0.5) is 10.1 Å². The van der Waals surface area contributed by atoms with E-state index in [1.54, 1.807) is 17.9 Å². The van der Waals surface area contributed by atoms with Crippen LogP contribution in [-0.2, 0) is 11.2 Å². The van der Waals surface area contributed by atoms with Crippen molar-refractivity contribution in [2.24, 2.45) is 5.73 Å². The summed E-state index contributed by atoms with van der Waals surface area (Å²) in [5, 5.41) is 0. The molecule has 150 valence electrons. The summed E-state index contributed by atoms with van der Waals surface area (Å²) in [4.78, 5) is 15.0. The summed E-state index contributed by atoms with van der Waals surface area (Å²) >= 11 is 0. The van der Waals surface area contributed by atoms with Gasteiger partial charge in [0.2, 0.25) is 5.91 Å². The number of hydrogen-bond donors (Lipinski definition) is 1. The second-order valence-corrected chi connectivity index (χ2v) is 7.48. The lowest BCUT2D eigenvalue weighted by atomic mass is 10.0. The number of nitrogens with two attached hydrogens (primary N) is 1. The highest BCUT2D eigenvalue weighted by atomic mass is 19.1. The van der Waals surface area contributed by atoms with Gasteiger partial charge in [-0.1, -0.05) is 48.5 Å². The fraction of sp³-hybridized carbons (Fsp3) is 0.240. The molecule has 0 saturated heterocycles. The van der Waals surface area contributed by atoms with Gasteiger partial charge < -0.3 is 10.6 Å². The van der Waals surface area contributed by atoms with Gasteiger partial charge in [0.1, 0.15) is 11.9 Å². The highest BCUT2D eigenvalue weighted by Crippen LogP contribution is 2.23. The number of anilines is 1. The van der Waals surface area contributed by atoms with Crippen LogP contribution in [0.5, 0.6) is 0 Å². The molecule has 1 amide bonds. The molecule has 1 atom stereocenters. The van der Waals surface area contributed by atoms with Crippen LogP contribution in [0.25, 0.3) is 0 Å². The third-order valence-corrected chi connectivity index (χ3v) is 5.35. The molecule has 0 aliphatic rings. The monoisotopic (exact) mass is 390 g/mol. The molecule has 3 aromatic carbocycles. The molecule has 0 heterocycles. The van der Waals surface area contributed by atoms with Crippen LogP contribution in [0, 0.1) is 26.6 Å². The summed E-state index contributed by atoms with van der Waals surface area (Å²) < 4.78 is 13.9. The van der Waals surface area contributed by atoms with E-state index in [1.165, 1.54) is 6.07 Å². The summed E-state index contributed by atoms with van der Waals surface area (Å²) in [7, 11) is 0. The molecule has 0 aliphatic carbocycles. The molecule has 0 bridgehead atoms. The molecule has 1 unspecified atom stereocenters. The third-order valence-electron chi connectivity index (χ3n) is 5.35. The Balaban J connectivity index is 1.89. The van der Waals surface area contributed by atoms with Crippen LogP contribution in [0.15, 0.2) is 66.7 Å². The Kier molecular flexibility index (Phi) is 6.45. The normalized spacial score (nSPS) is 11.9. The molecule has 0 fully saturated rings. The van der Waals surface area contributed by atoms with Crippen molar-refractivity contribution in [2.45, 2.75) is 33.2 Å². The van der Waals surface area contributed by atoms with E-state index in [1.807, 2.05) is 68.4 Å². The number of carbonyl (C=O) groups is 1. The maximum atomic E-state index is 13.9. The zero-order valence-corrected chi connectivity index (χ0v) is 17.2. The number of hydrogen-bond acceptors (Lipinski definition) is 2. The van der Waals surface area contributed by atoms with Crippen molar-refractivity contribution in [3.63, 3.8) is 0 Å². The molecule has 0 aromatic heterocycles. The largest absolute Gasteiger partial charge is 0.316 e. The third kappa shape index (κ3) is 4.90. The van der Waals surface area contributed by atoms with Gasteiger partial charge in [-0.3, -0.25) is 4.79 Å². The molecule has 0 radical (unpaired) electrons. The first-order valence-corrected chi connectivity index (χ1v) is 9.81. The smallest absolute Gasteiger partial charge is 0.248 e. The maximum absolute atomic E-state index is 13.9. The van der Waals surface area contributed by atoms with E-state index in [9.17, 15) is 9.18 Å². The minimum atomic E-state index is -0.757. The van der Waals surface area contributed by atoms with Gasteiger partial charge in [0, 0.05) is 12.2 Å². The van der Waals surface area contributed by atoms with Gasteiger partial charge in [0.05, 0.1) is 0 Å². The lowest BCUT2D eigenvalue weighted by Crippen LogP contribution is -2.40. The second kappa shape index (κ2) is 9.01. The van der Waals surface area contributed by atoms with Gasteiger partial charge in [-0.05, 0) is 73.2 Å². The quantitative estimate of drug-likeness (QED) is 0.642. The summed E-state index contributed by atoms with van der Waals surface area (Å²) in [6.07, 6.45) is 0.539. The Hall–Kier alpha value is -2.98. The molecule has 2 N–H and O–H groups in total. The van der Waals surface area contributed by atoms with Crippen molar-refractivity contribution >= 4 is 11.6 Å². The fourth-order valence-corrected chi connectivity index (χ4v) is 3.26. The predicted octanol–water partition coefficient (Wildman–Crippen LogP) is 5.03. The van der Waals surface area contributed by atoms with E-state index in [4.69, 9.17) is 5.73 Å². The van der Waals surface area contributed by atoms with Crippen LogP contribution < -0.4 is 10.6 Å². The average Bonchev–Trinajstić information content (AvgIpc) is 2.73. The summed E-state index contributed by atoms with van der Waals surface area (Å²) in [6, 6.07) is 19.7. The molecule has 3 rings (SSSR count). The number of benzene rings is 3. The van der Waals surface area contributed by atoms with E-state index in [-0.39, 0.29) is 11.7 Å². The summed E-state index contributed by atoms with van der Waals surface area (Å²) in [5.41, 5.74) is 11.6. The van der Waals surface area contributed by atoms with Gasteiger partial charge in [-0.25, -0.2) is 4.39 Å². The van der Waals surface area contributed by atoms with E-state index < -0.39 is 6.04 Å². The topological polar surface area (TPSA) is 46.3 Å². The van der Waals surface area contributed by atoms with Gasteiger partial charge >= 0.3 is 0 Å². The highest BCUT2D eigenvalue weighted by Gasteiger charge is 2.24. The number of aryl methyl sites for hydroxylation is 3. The van der Waals surface area contributed by atoms with Crippen molar-refractivity contribution in [2.75, 3.05) is 11.4 Å². The SMILES string of the molecule is Cc1ccc(N(CCc2ccc(C)c(F)c2)C(=O)C(N)c2ccccc2)cc1C. The minimum absolute atomic E-state index is 0.174. The van der Waals surface area contributed by atoms with Crippen molar-refractivity contribution in [1.82, 2.24) is 0 Å². The predicted molar refractivity (Wildman–Crippen MR) is 116 cm³/mol. The number of halogens is 1. The molecule has 0 spiro atoms. The van der Waals surface area contributed by atoms with E-state index in [2.05, 4.69) is 0 Å². The zero-order chi connectivity index (χ0) is 21.0. The number of rotatable bonds is 6. The van der Waals surface area contributed by atoms with Crippen molar-refractivity contribution in [3.05, 3.63) is 100 Å². The average molecular weight is 391 g/mol. The Morgan fingerprint density at radius 3 is 2.28 bits per heavy atom. The Labute approximate surface area is 172 Å². The highest BCUT2D eigenvalue weighted by molar-refractivity contribution is 5.97. The zero-order valence-electron chi connectivity index (χ0n) is 17.2. The standard InChI is InChI=1S/C25H27FN2O/c1-17-10-12-22(15-19(17)3)28(14-13-20-11-9-18(2)23(26)16-20)25(29)24(27)21-7-5-4-6-8-21/h4-12,15-16,24H,13-14,27H2,1-3H3. The van der Waals surface area contributed by atoms with Crippen LogP contribution in [0.3, 0.4) is 0 Å². The van der Waals surface area contributed by atoms with Gasteiger partial charge in [0.25, 0.3) is 0 Å². The molecule has 3 nitrogen and oxygen atoms in total. The van der Waals surface area contributed by atoms with E-state index in [0.29, 0.717) is 18.5 Å². The first-order valence-electron chi connectivity index (χ1n) is 9.81. The fourth-order valence-electron chi connectivity index (χ4n) is 3.26. The first-order chi connectivity index (χ1) is 13.9. The van der Waals surface area contributed by atoms with Crippen LogP contribution in [0.2, 0.25) is 0 Å². The minimum Gasteiger partial charge on any atom is -0.316 e. The molecular weight excluding hydrogens is 363 g/mol. The maximum Gasteiger partial charge on any atom is 0.248 e. The first kappa shape index (κ1) is 20.7. The van der Waals surface area contributed by atoms with Crippen molar-refractivity contribution in [1.29, 1.82) is 0 Å². The van der Waals surface area contributed by atoms with E-state index >= 15 is 0 Å². The lowest BCUT2D eigenvalue weighted by Gasteiger charge is -2.27. The van der Waals surface area contributed by atoms with Gasteiger partial charge in [-0.2, -0.15) is 0 Å². The Morgan fingerprint density at radius 2 is 1.62 bits per heavy atom. The number of nitrogens with zero attached hydrogens (tertiary/aromatic N) is 1. The van der Waals surface area contributed by atoms with Crippen LogP contribution in [0.1, 0.15) is 33.9 Å². The van der Waals surface area contributed by atoms with Crippen LogP contribution >= 0.6 is 0 Å². The van der Waals surface area contributed by atoms with Gasteiger partial charge in [-0.15, -0.1) is 0 Å². The molecule has 4 heteroatoms. The Bertz CT molecular complexity index is 1000. The molecular formula is C25H27FN2O. The molecule has 0 saturated carbocycles.